The predicted octanol–water partition coefficient (Wildman–Crippen LogP) is 2.34. The summed E-state index contributed by atoms with van der Waals surface area (Å²) in [6, 6.07) is 0.660. The highest BCUT2D eigenvalue weighted by molar-refractivity contribution is 14.0. The number of hydrogen-bond acceptors (Lipinski definition) is 5. The lowest BCUT2D eigenvalue weighted by Gasteiger charge is -2.42. The zero-order chi connectivity index (χ0) is 19.2. The first kappa shape index (κ1) is 23.9. The monoisotopic (exact) mass is 537 g/mol. The van der Waals surface area contributed by atoms with Crippen LogP contribution in [-0.4, -0.2) is 109 Å². The largest absolute Gasteiger partial charge is 0.379 e. The molecule has 1 atom stereocenters. The molecule has 0 amide bonds. The molecule has 4 rings (SSSR count). The van der Waals surface area contributed by atoms with E-state index in [1.807, 2.05) is 0 Å². The predicted molar refractivity (Wildman–Crippen MR) is 134 cm³/mol. The van der Waals surface area contributed by atoms with Crippen LogP contribution in [0.15, 0.2) is 4.99 Å². The Kier molecular flexibility index (Phi) is 9.67. The van der Waals surface area contributed by atoms with Crippen molar-refractivity contribution in [1.29, 1.82) is 0 Å². The van der Waals surface area contributed by atoms with Crippen LogP contribution in [0.4, 0.5) is 0 Å². The van der Waals surface area contributed by atoms with E-state index < -0.39 is 0 Å². The molecule has 1 unspecified atom stereocenters. The van der Waals surface area contributed by atoms with Gasteiger partial charge >= 0.3 is 0 Å². The van der Waals surface area contributed by atoms with Crippen LogP contribution in [0, 0.1) is 0 Å². The minimum absolute atomic E-state index is 0. The number of hydrogen-bond donors (Lipinski definition) is 1. The van der Waals surface area contributed by atoms with E-state index in [-0.39, 0.29) is 24.0 Å². The summed E-state index contributed by atoms with van der Waals surface area (Å²) < 4.78 is 5.54. The number of thioether (sulfide) groups is 1. The fraction of sp³-hybridized carbons (Fsp3) is 0.952. The number of likely N-dealkylation sites (tertiary alicyclic amines) is 1. The molecule has 0 bridgehead atoms. The van der Waals surface area contributed by atoms with Crippen molar-refractivity contribution in [3.63, 3.8) is 0 Å². The van der Waals surface area contributed by atoms with Gasteiger partial charge in [-0.1, -0.05) is 12.8 Å². The lowest BCUT2D eigenvalue weighted by molar-refractivity contribution is 0.0194. The van der Waals surface area contributed by atoms with Gasteiger partial charge in [0, 0.05) is 68.9 Å². The van der Waals surface area contributed by atoms with Crippen LogP contribution in [0.5, 0.6) is 0 Å². The minimum atomic E-state index is 0. The first-order valence-corrected chi connectivity index (χ1v) is 12.6. The third-order valence-corrected chi connectivity index (χ3v) is 8.04. The molecule has 0 spiro atoms. The molecule has 1 aliphatic carbocycles. The number of aliphatic imine (C=N–C) groups is 1. The average Bonchev–Trinajstić information content (AvgIpc) is 3.43. The number of guanidine groups is 1. The molecular weight excluding hydrogens is 497 g/mol. The molecule has 6 nitrogen and oxygen atoms in total. The number of ether oxygens (including phenoxy) is 1. The van der Waals surface area contributed by atoms with Gasteiger partial charge in [0.15, 0.2) is 5.96 Å². The van der Waals surface area contributed by atoms with Crippen LogP contribution < -0.4 is 5.32 Å². The second kappa shape index (κ2) is 11.7. The van der Waals surface area contributed by atoms with Gasteiger partial charge in [-0.3, -0.25) is 14.8 Å². The van der Waals surface area contributed by atoms with E-state index in [1.165, 1.54) is 56.7 Å². The van der Waals surface area contributed by atoms with E-state index >= 15 is 0 Å². The Labute approximate surface area is 198 Å². The summed E-state index contributed by atoms with van der Waals surface area (Å²) in [6.45, 7) is 12.8. The molecule has 3 heterocycles. The van der Waals surface area contributed by atoms with Gasteiger partial charge in [-0.05, 0) is 26.2 Å². The second-order valence-electron chi connectivity index (χ2n) is 8.74. The standard InChI is InChI=1S/C21H39N5OS.HI/c1-2-22-20(25-8-5-19(17-25)24-9-13-27-14-10-24)23-18-21(6-3-4-7-21)26-11-15-28-16-12-26;/h19H,2-18H2,1H3,(H,22,23);1H. The normalized spacial score (nSPS) is 29.1. The fourth-order valence-electron chi connectivity index (χ4n) is 5.47. The third-order valence-electron chi connectivity index (χ3n) is 7.10. The Bertz CT molecular complexity index is 519. The molecule has 3 aliphatic heterocycles. The van der Waals surface area contributed by atoms with Gasteiger partial charge in [0.25, 0.3) is 0 Å². The summed E-state index contributed by atoms with van der Waals surface area (Å²) in [4.78, 5) is 13.2. The molecule has 0 aromatic rings. The highest BCUT2D eigenvalue weighted by atomic mass is 127. The smallest absolute Gasteiger partial charge is 0.194 e. The van der Waals surface area contributed by atoms with Gasteiger partial charge in [0.1, 0.15) is 0 Å². The van der Waals surface area contributed by atoms with E-state index in [0.29, 0.717) is 11.6 Å². The van der Waals surface area contributed by atoms with Crippen LogP contribution in [0.1, 0.15) is 39.0 Å². The molecule has 3 saturated heterocycles. The minimum Gasteiger partial charge on any atom is -0.379 e. The number of nitrogens with one attached hydrogen (secondary N) is 1. The van der Waals surface area contributed by atoms with Gasteiger partial charge < -0.3 is 15.0 Å². The number of nitrogens with zero attached hydrogens (tertiary/aromatic N) is 4. The molecular formula is C21H40IN5OS. The second-order valence-corrected chi connectivity index (χ2v) is 9.96. The van der Waals surface area contributed by atoms with Crippen LogP contribution >= 0.6 is 35.7 Å². The average molecular weight is 538 g/mol. The van der Waals surface area contributed by atoms with Crippen LogP contribution in [0.2, 0.25) is 0 Å². The van der Waals surface area contributed by atoms with Gasteiger partial charge in [0.2, 0.25) is 0 Å². The summed E-state index contributed by atoms with van der Waals surface area (Å²) in [5.41, 5.74) is 0.324. The summed E-state index contributed by atoms with van der Waals surface area (Å²) in [5, 5.41) is 3.60. The van der Waals surface area contributed by atoms with Crippen molar-refractivity contribution >= 4 is 41.7 Å². The summed E-state index contributed by atoms with van der Waals surface area (Å²) in [5.74, 6) is 3.73. The van der Waals surface area contributed by atoms with Gasteiger partial charge in [-0.2, -0.15) is 11.8 Å². The van der Waals surface area contributed by atoms with Crippen LogP contribution in [-0.2, 0) is 4.74 Å². The molecule has 4 aliphatic rings. The van der Waals surface area contributed by atoms with Crippen molar-refractivity contribution in [2.75, 3.05) is 77.1 Å². The first-order chi connectivity index (χ1) is 13.8. The molecule has 1 N–H and O–H groups in total. The molecule has 0 radical (unpaired) electrons. The highest BCUT2D eigenvalue weighted by Gasteiger charge is 2.40. The van der Waals surface area contributed by atoms with E-state index in [9.17, 15) is 0 Å². The summed E-state index contributed by atoms with van der Waals surface area (Å²) >= 11 is 2.11. The molecule has 0 aromatic carbocycles. The fourth-order valence-corrected chi connectivity index (χ4v) is 6.37. The summed E-state index contributed by atoms with van der Waals surface area (Å²) in [7, 11) is 0. The van der Waals surface area contributed by atoms with E-state index in [0.717, 1.165) is 58.4 Å². The van der Waals surface area contributed by atoms with E-state index in [2.05, 4.69) is 38.7 Å². The van der Waals surface area contributed by atoms with Crippen molar-refractivity contribution in [1.82, 2.24) is 20.0 Å². The number of rotatable bonds is 5. The molecule has 168 valence electrons. The maximum atomic E-state index is 5.54. The zero-order valence-electron chi connectivity index (χ0n) is 18.1. The summed E-state index contributed by atoms with van der Waals surface area (Å²) in [6.07, 6.45) is 6.66. The van der Waals surface area contributed by atoms with E-state index in [1.54, 1.807) is 0 Å². The Morgan fingerprint density at radius 1 is 1.10 bits per heavy atom. The van der Waals surface area contributed by atoms with Gasteiger partial charge in [-0.15, -0.1) is 24.0 Å². The SMILES string of the molecule is CCNC(=NCC1(N2CCSCC2)CCCC1)N1CCC(N2CCOCC2)C1.I. The Balaban J connectivity index is 0.00000240. The van der Waals surface area contributed by atoms with Crippen molar-refractivity contribution < 1.29 is 4.74 Å². The Hall–Kier alpha value is 0.230. The van der Waals surface area contributed by atoms with Crippen molar-refractivity contribution in [2.45, 2.75) is 50.6 Å². The molecule has 1 saturated carbocycles. The molecule has 4 fully saturated rings. The molecule has 0 aromatic heterocycles. The Morgan fingerprint density at radius 3 is 2.52 bits per heavy atom. The van der Waals surface area contributed by atoms with Crippen molar-refractivity contribution in [2.24, 2.45) is 4.99 Å². The maximum absolute atomic E-state index is 5.54. The van der Waals surface area contributed by atoms with Gasteiger partial charge in [-0.25, -0.2) is 0 Å². The lowest BCUT2D eigenvalue weighted by atomic mass is 9.95. The lowest BCUT2D eigenvalue weighted by Crippen LogP contribution is -2.53. The number of morpholine rings is 1. The molecule has 8 heteroatoms. The quantitative estimate of drug-likeness (QED) is 0.330. The zero-order valence-corrected chi connectivity index (χ0v) is 21.3. The van der Waals surface area contributed by atoms with Crippen LogP contribution in [0.3, 0.4) is 0 Å². The van der Waals surface area contributed by atoms with Crippen molar-refractivity contribution in [3.8, 4) is 0 Å². The van der Waals surface area contributed by atoms with Crippen molar-refractivity contribution in [3.05, 3.63) is 0 Å². The number of halogens is 1. The van der Waals surface area contributed by atoms with Gasteiger partial charge in [0.05, 0.1) is 19.8 Å². The third kappa shape index (κ3) is 5.93. The maximum Gasteiger partial charge on any atom is 0.194 e. The highest BCUT2D eigenvalue weighted by Crippen LogP contribution is 2.37. The van der Waals surface area contributed by atoms with E-state index in [4.69, 9.17) is 9.73 Å². The Morgan fingerprint density at radius 2 is 1.83 bits per heavy atom. The molecule has 29 heavy (non-hydrogen) atoms. The first-order valence-electron chi connectivity index (χ1n) is 11.5. The topological polar surface area (TPSA) is 43.3 Å². The van der Waals surface area contributed by atoms with Crippen LogP contribution in [0.25, 0.3) is 0 Å².